The van der Waals surface area contributed by atoms with E-state index in [-0.39, 0.29) is 11.9 Å². The lowest BCUT2D eigenvalue weighted by Gasteiger charge is -2.24. The molecule has 0 spiro atoms. The van der Waals surface area contributed by atoms with Crippen molar-refractivity contribution in [2.45, 2.75) is 19.4 Å². The van der Waals surface area contributed by atoms with Crippen LogP contribution in [0.15, 0.2) is 18.2 Å². The second-order valence-electron chi connectivity index (χ2n) is 5.00. The maximum absolute atomic E-state index is 12.7. The van der Waals surface area contributed by atoms with E-state index in [1.54, 1.807) is 22.7 Å². The highest BCUT2D eigenvalue weighted by Crippen LogP contribution is 2.38. The predicted molar refractivity (Wildman–Crippen MR) is 95.8 cm³/mol. The van der Waals surface area contributed by atoms with Gasteiger partial charge in [-0.2, -0.15) is 11.8 Å². The van der Waals surface area contributed by atoms with Crippen molar-refractivity contribution in [1.29, 1.82) is 0 Å². The molecule has 0 saturated heterocycles. The third-order valence-electron chi connectivity index (χ3n) is 3.62. The predicted octanol–water partition coefficient (Wildman–Crippen LogP) is 4.35. The van der Waals surface area contributed by atoms with Crippen molar-refractivity contribution in [2.75, 3.05) is 24.8 Å². The van der Waals surface area contributed by atoms with E-state index in [9.17, 15) is 4.79 Å². The van der Waals surface area contributed by atoms with E-state index < -0.39 is 0 Å². The minimum absolute atomic E-state index is 0.0293. The van der Waals surface area contributed by atoms with E-state index in [4.69, 9.17) is 17.3 Å². The highest BCUT2D eigenvalue weighted by molar-refractivity contribution is 7.98. The van der Waals surface area contributed by atoms with Gasteiger partial charge in [-0.15, -0.1) is 11.3 Å². The summed E-state index contributed by atoms with van der Waals surface area (Å²) in [4.78, 5) is 15.0. The molecule has 1 amide bonds. The van der Waals surface area contributed by atoms with Crippen LogP contribution in [0, 0.1) is 0 Å². The summed E-state index contributed by atoms with van der Waals surface area (Å²) in [5, 5.41) is 1.39. The molecule has 0 aliphatic heterocycles. The Morgan fingerprint density at radius 1 is 1.52 bits per heavy atom. The standard InChI is InChI=1S/C15H19ClN2OS2/c1-9(7-8-20-3)18(2)15(19)14-13(17)12-10(16)5-4-6-11(12)21-14/h4-6,9H,7-8,17H2,1-3H3. The Labute approximate surface area is 138 Å². The second-order valence-corrected chi connectivity index (χ2v) is 7.45. The van der Waals surface area contributed by atoms with Gasteiger partial charge in [0.15, 0.2) is 0 Å². The van der Waals surface area contributed by atoms with Crippen LogP contribution in [0.2, 0.25) is 5.02 Å². The van der Waals surface area contributed by atoms with Gasteiger partial charge in [-0.3, -0.25) is 4.79 Å². The van der Waals surface area contributed by atoms with Crippen LogP contribution in [0.5, 0.6) is 0 Å². The van der Waals surface area contributed by atoms with Gasteiger partial charge in [0.1, 0.15) is 4.88 Å². The number of thioether (sulfide) groups is 1. The monoisotopic (exact) mass is 342 g/mol. The molecule has 1 aromatic heterocycles. The zero-order valence-electron chi connectivity index (χ0n) is 12.4. The van der Waals surface area contributed by atoms with Crippen LogP contribution in [0.3, 0.4) is 0 Å². The van der Waals surface area contributed by atoms with Crippen LogP contribution in [0.25, 0.3) is 10.1 Å². The van der Waals surface area contributed by atoms with Crippen LogP contribution >= 0.6 is 34.7 Å². The molecule has 0 saturated carbocycles. The molecule has 1 unspecified atom stereocenters. The van der Waals surface area contributed by atoms with Crippen LogP contribution in [0.1, 0.15) is 23.0 Å². The summed E-state index contributed by atoms with van der Waals surface area (Å²) in [5.74, 6) is 1.00. The number of halogens is 1. The summed E-state index contributed by atoms with van der Waals surface area (Å²) in [6.45, 7) is 2.06. The van der Waals surface area contributed by atoms with Crippen molar-refractivity contribution < 1.29 is 4.79 Å². The number of hydrogen-bond donors (Lipinski definition) is 1. The third-order valence-corrected chi connectivity index (χ3v) is 5.73. The topological polar surface area (TPSA) is 46.3 Å². The van der Waals surface area contributed by atoms with Gasteiger partial charge in [0.2, 0.25) is 0 Å². The van der Waals surface area contributed by atoms with Crippen molar-refractivity contribution in [1.82, 2.24) is 4.90 Å². The van der Waals surface area contributed by atoms with E-state index in [1.165, 1.54) is 11.3 Å². The molecule has 6 heteroatoms. The Balaban J connectivity index is 2.31. The summed E-state index contributed by atoms with van der Waals surface area (Å²) < 4.78 is 0.952. The van der Waals surface area contributed by atoms with E-state index in [0.717, 1.165) is 22.3 Å². The number of hydrogen-bond acceptors (Lipinski definition) is 4. The number of nitrogen functional groups attached to an aromatic ring is 1. The van der Waals surface area contributed by atoms with Gasteiger partial charge in [-0.05, 0) is 37.5 Å². The molecular formula is C15H19ClN2OS2. The minimum atomic E-state index is -0.0293. The largest absolute Gasteiger partial charge is 0.397 e. The summed E-state index contributed by atoms with van der Waals surface area (Å²) in [7, 11) is 1.83. The number of carbonyl (C=O) groups excluding carboxylic acids is 1. The Hall–Kier alpha value is -0.910. The highest BCUT2D eigenvalue weighted by atomic mass is 35.5. The van der Waals surface area contributed by atoms with Crippen LogP contribution in [-0.2, 0) is 0 Å². The van der Waals surface area contributed by atoms with Crippen molar-refractivity contribution in [3.63, 3.8) is 0 Å². The van der Waals surface area contributed by atoms with Crippen molar-refractivity contribution >= 4 is 56.4 Å². The van der Waals surface area contributed by atoms with Gasteiger partial charge < -0.3 is 10.6 Å². The number of nitrogens with zero attached hydrogens (tertiary/aromatic N) is 1. The van der Waals surface area contributed by atoms with Gasteiger partial charge >= 0.3 is 0 Å². The van der Waals surface area contributed by atoms with E-state index in [1.807, 2.05) is 19.2 Å². The normalized spacial score (nSPS) is 12.6. The number of nitrogens with two attached hydrogens (primary N) is 1. The fourth-order valence-corrected chi connectivity index (χ4v) is 4.17. The molecule has 0 fully saturated rings. The van der Waals surface area contributed by atoms with Gasteiger partial charge in [0, 0.05) is 23.2 Å². The maximum atomic E-state index is 12.7. The fraction of sp³-hybridized carbons (Fsp3) is 0.400. The second kappa shape index (κ2) is 6.90. The molecular weight excluding hydrogens is 324 g/mol. The molecule has 114 valence electrons. The number of benzene rings is 1. The highest BCUT2D eigenvalue weighted by Gasteiger charge is 2.23. The number of rotatable bonds is 5. The Bertz CT molecular complexity index is 656. The first-order valence-electron chi connectivity index (χ1n) is 6.70. The molecule has 0 radical (unpaired) electrons. The zero-order valence-corrected chi connectivity index (χ0v) is 14.7. The van der Waals surface area contributed by atoms with Gasteiger partial charge in [0.05, 0.1) is 10.7 Å². The molecule has 2 aromatic rings. The fourth-order valence-electron chi connectivity index (χ4n) is 2.13. The molecule has 0 bridgehead atoms. The van der Waals surface area contributed by atoms with Crippen molar-refractivity contribution in [2.24, 2.45) is 0 Å². The SMILES string of the molecule is CSCCC(C)N(C)C(=O)c1sc2cccc(Cl)c2c1N. The Kier molecular flexibility index (Phi) is 5.41. The number of anilines is 1. The quantitative estimate of drug-likeness (QED) is 0.878. The Morgan fingerprint density at radius 2 is 2.24 bits per heavy atom. The number of amides is 1. The molecule has 3 nitrogen and oxygen atoms in total. The van der Waals surface area contributed by atoms with Gasteiger partial charge in [0.25, 0.3) is 5.91 Å². The lowest BCUT2D eigenvalue weighted by molar-refractivity contribution is 0.0747. The minimum Gasteiger partial charge on any atom is -0.397 e. The average molecular weight is 343 g/mol. The molecule has 1 aromatic carbocycles. The van der Waals surface area contributed by atoms with Crippen molar-refractivity contribution in [3.05, 3.63) is 28.1 Å². The first-order valence-corrected chi connectivity index (χ1v) is 9.28. The number of carbonyl (C=O) groups is 1. The van der Waals surface area contributed by atoms with Crippen LogP contribution in [-0.4, -0.2) is 35.9 Å². The number of thiophene rings is 1. The van der Waals surface area contributed by atoms with Gasteiger partial charge in [-0.1, -0.05) is 17.7 Å². The Morgan fingerprint density at radius 3 is 2.86 bits per heavy atom. The molecule has 21 heavy (non-hydrogen) atoms. The van der Waals surface area contributed by atoms with E-state index >= 15 is 0 Å². The van der Waals surface area contributed by atoms with Crippen LogP contribution < -0.4 is 5.73 Å². The molecule has 1 atom stereocenters. The molecule has 0 aliphatic rings. The zero-order chi connectivity index (χ0) is 15.6. The lowest BCUT2D eigenvalue weighted by Crippen LogP contribution is -2.35. The molecule has 0 aliphatic carbocycles. The van der Waals surface area contributed by atoms with E-state index in [0.29, 0.717) is 15.6 Å². The average Bonchev–Trinajstić information content (AvgIpc) is 2.81. The van der Waals surface area contributed by atoms with Crippen molar-refractivity contribution in [3.8, 4) is 0 Å². The molecule has 1 heterocycles. The lowest BCUT2D eigenvalue weighted by atomic mass is 10.2. The summed E-state index contributed by atoms with van der Waals surface area (Å²) in [5.41, 5.74) is 6.65. The smallest absolute Gasteiger partial charge is 0.266 e. The molecule has 2 rings (SSSR count). The summed E-state index contributed by atoms with van der Waals surface area (Å²) in [6, 6.07) is 5.80. The summed E-state index contributed by atoms with van der Waals surface area (Å²) in [6.07, 6.45) is 3.04. The third kappa shape index (κ3) is 3.30. The first kappa shape index (κ1) is 16.5. The first-order chi connectivity index (χ1) is 9.97. The van der Waals surface area contributed by atoms with Crippen LogP contribution in [0.4, 0.5) is 5.69 Å². The van der Waals surface area contributed by atoms with Gasteiger partial charge in [-0.25, -0.2) is 0 Å². The molecule has 2 N–H and O–H groups in total. The number of fused-ring (bicyclic) bond motifs is 1. The maximum Gasteiger partial charge on any atom is 0.266 e. The summed E-state index contributed by atoms with van der Waals surface area (Å²) >= 11 is 9.39. The van der Waals surface area contributed by atoms with E-state index in [2.05, 4.69) is 13.2 Å².